The van der Waals surface area contributed by atoms with Crippen molar-refractivity contribution < 1.29 is 4.79 Å². The van der Waals surface area contributed by atoms with E-state index in [-0.39, 0.29) is 5.78 Å². The quantitative estimate of drug-likeness (QED) is 0.305. The van der Waals surface area contributed by atoms with Crippen LogP contribution in [0.5, 0.6) is 0 Å². The van der Waals surface area contributed by atoms with Crippen molar-refractivity contribution in [2.24, 2.45) is 0 Å². The van der Waals surface area contributed by atoms with E-state index in [1.165, 1.54) is 23.1 Å². The predicted octanol–water partition coefficient (Wildman–Crippen LogP) is 5.39. The fourth-order valence-electron chi connectivity index (χ4n) is 2.40. The minimum Gasteiger partial charge on any atom is -0.360 e. The lowest BCUT2D eigenvalue weighted by molar-refractivity contribution is 0.102. The van der Waals surface area contributed by atoms with Gasteiger partial charge in [-0.25, -0.2) is 0 Å². The number of hydrogen-bond donors (Lipinski definition) is 1. The number of ketones is 1. The Labute approximate surface area is 162 Å². The Morgan fingerprint density at radius 1 is 1.04 bits per heavy atom. The van der Waals surface area contributed by atoms with Gasteiger partial charge >= 0.3 is 0 Å². The summed E-state index contributed by atoms with van der Waals surface area (Å²) in [4.78, 5) is 12.4. The SMILES string of the molecule is CCCCNc1nnc(SCC(=O)c2ccc(-c3ccccc3)cc2)s1. The third kappa shape index (κ3) is 5.16. The number of rotatable bonds is 9. The Kier molecular flexibility index (Phi) is 6.80. The summed E-state index contributed by atoms with van der Waals surface area (Å²) in [6.07, 6.45) is 2.25. The highest BCUT2D eigenvalue weighted by atomic mass is 32.2. The molecule has 134 valence electrons. The summed E-state index contributed by atoms with van der Waals surface area (Å²) in [7, 11) is 0. The van der Waals surface area contributed by atoms with E-state index in [0.29, 0.717) is 5.75 Å². The number of carbonyl (C=O) groups is 1. The van der Waals surface area contributed by atoms with Crippen LogP contribution in [-0.2, 0) is 0 Å². The van der Waals surface area contributed by atoms with Crippen LogP contribution < -0.4 is 5.32 Å². The smallest absolute Gasteiger partial charge is 0.206 e. The molecule has 4 nitrogen and oxygen atoms in total. The van der Waals surface area contributed by atoms with Gasteiger partial charge in [0.1, 0.15) is 0 Å². The Morgan fingerprint density at radius 2 is 1.77 bits per heavy atom. The lowest BCUT2D eigenvalue weighted by Crippen LogP contribution is -2.01. The molecule has 0 spiro atoms. The van der Waals surface area contributed by atoms with Crippen molar-refractivity contribution >= 4 is 34.0 Å². The van der Waals surface area contributed by atoms with Gasteiger partial charge in [0.25, 0.3) is 0 Å². The fraction of sp³-hybridized carbons (Fsp3) is 0.250. The molecule has 0 fully saturated rings. The zero-order chi connectivity index (χ0) is 18.2. The van der Waals surface area contributed by atoms with E-state index in [1.807, 2.05) is 42.5 Å². The minimum absolute atomic E-state index is 0.102. The maximum Gasteiger partial charge on any atom is 0.206 e. The van der Waals surface area contributed by atoms with E-state index < -0.39 is 0 Å². The molecule has 0 aliphatic heterocycles. The van der Waals surface area contributed by atoms with Crippen molar-refractivity contribution in [1.29, 1.82) is 0 Å². The van der Waals surface area contributed by atoms with Gasteiger partial charge in [0.15, 0.2) is 10.1 Å². The monoisotopic (exact) mass is 383 g/mol. The molecular formula is C20H21N3OS2. The number of nitrogens with one attached hydrogen (secondary N) is 1. The van der Waals surface area contributed by atoms with Crippen molar-refractivity contribution in [2.75, 3.05) is 17.6 Å². The molecule has 3 rings (SSSR count). The van der Waals surface area contributed by atoms with Gasteiger partial charge < -0.3 is 5.32 Å². The molecule has 0 atom stereocenters. The molecule has 0 saturated heterocycles. The van der Waals surface area contributed by atoms with Crippen LogP contribution in [0.1, 0.15) is 30.1 Å². The summed E-state index contributed by atoms with van der Waals surface area (Å²) in [5, 5.41) is 12.3. The molecule has 0 saturated carbocycles. The third-order valence-electron chi connectivity index (χ3n) is 3.85. The highest BCUT2D eigenvalue weighted by molar-refractivity contribution is 8.01. The van der Waals surface area contributed by atoms with Crippen LogP contribution in [-0.4, -0.2) is 28.3 Å². The van der Waals surface area contributed by atoms with Crippen molar-refractivity contribution in [3.05, 3.63) is 60.2 Å². The molecule has 2 aromatic carbocycles. The lowest BCUT2D eigenvalue weighted by Gasteiger charge is -2.03. The number of anilines is 1. The largest absolute Gasteiger partial charge is 0.360 e. The third-order valence-corrected chi connectivity index (χ3v) is 5.87. The summed E-state index contributed by atoms with van der Waals surface area (Å²) in [6.45, 7) is 3.06. The molecule has 0 radical (unpaired) electrons. The van der Waals surface area contributed by atoms with Crippen molar-refractivity contribution in [1.82, 2.24) is 10.2 Å². The van der Waals surface area contributed by atoms with Gasteiger partial charge in [-0.2, -0.15) is 0 Å². The molecule has 0 unspecified atom stereocenters. The maximum atomic E-state index is 12.4. The first-order valence-electron chi connectivity index (χ1n) is 8.65. The molecular weight excluding hydrogens is 362 g/mol. The van der Waals surface area contributed by atoms with E-state index in [2.05, 4.69) is 34.6 Å². The highest BCUT2D eigenvalue weighted by Gasteiger charge is 2.10. The number of benzene rings is 2. The van der Waals surface area contributed by atoms with Gasteiger partial charge in [-0.05, 0) is 17.5 Å². The number of thioether (sulfide) groups is 1. The van der Waals surface area contributed by atoms with Crippen molar-refractivity contribution in [2.45, 2.75) is 24.1 Å². The average Bonchev–Trinajstić information content (AvgIpc) is 3.15. The summed E-state index contributed by atoms with van der Waals surface area (Å²) in [6, 6.07) is 17.9. The molecule has 1 N–H and O–H groups in total. The Hall–Kier alpha value is -2.18. The van der Waals surface area contributed by atoms with E-state index in [0.717, 1.165) is 45.5 Å². The zero-order valence-electron chi connectivity index (χ0n) is 14.6. The predicted molar refractivity (Wildman–Crippen MR) is 110 cm³/mol. The van der Waals surface area contributed by atoms with Crippen LogP contribution in [0, 0.1) is 0 Å². The first-order chi connectivity index (χ1) is 12.8. The maximum absolute atomic E-state index is 12.4. The number of Topliss-reactive ketones (excluding diaryl/α,β-unsaturated/α-hetero) is 1. The van der Waals surface area contributed by atoms with Crippen LogP contribution in [0.15, 0.2) is 58.9 Å². The molecule has 0 aliphatic rings. The molecule has 0 amide bonds. The number of nitrogens with zero attached hydrogens (tertiary/aromatic N) is 2. The molecule has 0 aliphatic carbocycles. The van der Waals surface area contributed by atoms with E-state index >= 15 is 0 Å². The number of carbonyl (C=O) groups excluding carboxylic acids is 1. The molecule has 3 aromatic rings. The van der Waals surface area contributed by atoms with Gasteiger partial charge in [0.05, 0.1) is 5.75 Å². The van der Waals surface area contributed by atoms with Gasteiger partial charge in [0.2, 0.25) is 5.13 Å². The number of hydrogen-bond acceptors (Lipinski definition) is 6. The van der Waals surface area contributed by atoms with Crippen LogP contribution >= 0.6 is 23.1 Å². The van der Waals surface area contributed by atoms with Crippen LogP contribution in [0.2, 0.25) is 0 Å². The van der Waals surface area contributed by atoms with Crippen molar-refractivity contribution in [3.8, 4) is 11.1 Å². The second-order valence-electron chi connectivity index (χ2n) is 5.81. The first kappa shape index (κ1) is 18.6. The second-order valence-corrected chi connectivity index (χ2v) is 8.01. The molecule has 26 heavy (non-hydrogen) atoms. The minimum atomic E-state index is 0.102. The molecule has 1 aromatic heterocycles. The van der Waals surface area contributed by atoms with Crippen LogP contribution in [0.25, 0.3) is 11.1 Å². The lowest BCUT2D eigenvalue weighted by atomic mass is 10.0. The van der Waals surface area contributed by atoms with E-state index in [1.54, 1.807) is 0 Å². The highest BCUT2D eigenvalue weighted by Crippen LogP contribution is 2.26. The summed E-state index contributed by atoms with van der Waals surface area (Å²) >= 11 is 2.94. The normalized spacial score (nSPS) is 10.7. The van der Waals surface area contributed by atoms with Gasteiger partial charge in [-0.3, -0.25) is 4.79 Å². The standard InChI is InChI=1S/C20H21N3OS2/c1-2-3-13-21-19-22-23-20(26-19)25-14-18(24)17-11-9-16(10-12-17)15-7-5-4-6-8-15/h4-12H,2-3,13-14H2,1H3,(H,21,22). The topological polar surface area (TPSA) is 54.9 Å². The summed E-state index contributed by atoms with van der Waals surface area (Å²) in [5.41, 5.74) is 2.99. The fourth-order valence-corrected chi connectivity index (χ4v) is 4.07. The molecule has 1 heterocycles. The van der Waals surface area contributed by atoms with E-state index in [9.17, 15) is 4.79 Å². The Balaban J connectivity index is 1.53. The van der Waals surface area contributed by atoms with E-state index in [4.69, 9.17) is 0 Å². The Bertz CT molecular complexity index is 832. The number of aromatic nitrogens is 2. The zero-order valence-corrected chi connectivity index (χ0v) is 16.3. The Morgan fingerprint density at radius 3 is 2.50 bits per heavy atom. The summed E-state index contributed by atoms with van der Waals surface area (Å²) in [5.74, 6) is 0.471. The van der Waals surface area contributed by atoms with Gasteiger partial charge in [0, 0.05) is 12.1 Å². The van der Waals surface area contributed by atoms with Crippen LogP contribution in [0.4, 0.5) is 5.13 Å². The molecule has 0 bridgehead atoms. The first-order valence-corrected chi connectivity index (χ1v) is 10.5. The summed E-state index contributed by atoms with van der Waals surface area (Å²) < 4.78 is 0.818. The van der Waals surface area contributed by atoms with Gasteiger partial charge in [-0.1, -0.05) is 91.0 Å². The molecule has 6 heteroatoms. The van der Waals surface area contributed by atoms with Crippen molar-refractivity contribution in [3.63, 3.8) is 0 Å². The number of unbranched alkanes of at least 4 members (excludes halogenated alkanes) is 1. The second kappa shape index (κ2) is 9.50. The average molecular weight is 384 g/mol. The van der Waals surface area contributed by atoms with Gasteiger partial charge in [-0.15, -0.1) is 10.2 Å². The van der Waals surface area contributed by atoms with Crippen LogP contribution in [0.3, 0.4) is 0 Å².